The summed E-state index contributed by atoms with van der Waals surface area (Å²) in [6, 6.07) is 16.5. The lowest BCUT2D eigenvalue weighted by Gasteiger charge is -2.16. The Bertz CT molecular complexity index is 976. The van der Waals surface area contributed by atoms with Gasteiger partial charge in [-0.1, -0.05) is 67.0 Å². The lowest BCUT2D eigenvalue weighted by molar-refractivity contribution is -0.128. The molecule has 3 aromatic rings. The number of hydrogen-bond acceptors (Lipinski definition) is 4. The third kappa shape index (κ3) is 3.84. The number of aromatic nitrogens is 2. The van der Waals surface area contributed by atoms with E-state index in [1.807, 2.05) is 36.1 Å². The van der Waals surface area contributed by atoms with Gasteiger partial charge in [-0.15, -0.1) is 0 Å². The molecule has 0 radical (unpaired) electrons. The first-order chi connectivity index (χ1) is 13.5. The van der Waals surface area contributed by atoms with E-state index in [0.29, 0.717) is 37.1 Å². The van der Waals surface area contributed by atoms with Crippen LogP contribution in [-0.2, 0) is 11.3 Å². The van der Waals surface area contributed by atoms with Gasteiger partial charge in [-0.25, -0.2) is 0 Å². The molecule has 0 saturated carbocycles. The van der Waals surface area contributed by atoms with Crippen LogP contribution in [0.2, 0.25) is 0 Å². The molecule has 1 atom stereocenters. The van der Waals surface area contributed by atoms with E-state index >= 15 is 0 Å². The summed E-state index contributed by atoms with van der Waals surface area (Å²) in [6.45, 7) is 7.62. The molecule has 1 fully saturated rings. The maximum Gasteiger partial charge on any atom is 0.232 e. The number of carbonyl (C=O) groups excluding carboxylic acids is 1. The molecule has 5 heteroatoms. The summed E-state index contributed by atoms with van der Waals surface area (Å²) in [6.07, 6.45) is 0.416. The van der Waals surface area contributed by atoms with Gasteiger partial charge in [0.1, 0.15) is 0 Å². The molecule has 1 saturated heterocycles. The van der Waals surface area contributed by atoms with Crippen LogP contribution in [0.3, 0.4) is 0 Å². The fraction of sp³-hybridized carbons (Fsp3) is 0.348. The van der Waals surface area contributed by atoms with Gasteiger partial charge in [0.05, 0.1) is 5.92 Å². The van der Waals surface area contributed by atoms with Gasteiger partial charge in [0.15, 0.2) is 0 Å². The molecule has 0 spiro atoms. The lowest BCUT2D eigenvalue weighted by Crippen LogP contribution is -2.24. The first-order valence-electron chi connectivity index (χ1n) is 9.77. The molecule has 0 N–H and O–H groups in total. The average molecular weight is 375 g/mol. The maximum absolute atomic E-state index is 12.5. The van der Waals surface area contributed by atoms with Crippen molar-refractivity contribution < 1.29 is 9.32 Å². The summed E-state index contributed by atoms with van der Waals surface area (Å²) in [5, 5.41) is 4.12. The molecule has 5 nitrogen and oxygen atoms in total. The van der Waals surface area contributed by atoms with E-state index in [1.165, 1.54) is 5.56 Å². The summed E-state index contributed by atoms with van der Waals surface area (Å²) >= 11 is 0. The third-order valence-corrected chi connectivity index (χ3v) is 5.30. The highest BCUT2D eigenvalue weighted by Gasteiger charge is 2.34. The lowest BCUT2D eigenvalue weighted by atomic mass is 10.0. The minimum Gasteiger partial charge on any atom is -0.339 e. The molecule has 2 aromatic carbocycles. The van der Waals surface area contributed by atoms with E-state index in [2.05, 4.69) is 48.3 Å². The average Bonchev–Trinajstić information content (AvgIpc) is 3.30. The summed E-state index contributed by atoms with van der Waals surface area (Å²) < 4.78 is 5.49. The predicted octanol–water partition coefficient (Wildman–Crippen LogP) is 4.68. The highest BCUT2D eigenvalue weighted by Crippen LogP contribution is 2.30. The molecule has 1 amide bonds. The van der Waals surface area contributed by atoms with E-state index in [1.54, 1.807) is 0 Å². The number of benzene rings is 2. The van der Waals surface area contributed by atoms with Crippen LogP contribution in [0.25, 0.3) is 11.4 Å². The Labute approximate surface area is 165 Å². The van der Waals surface area contributed by atoms with Gasteiger partial charge in [-0.2, -0.15) is 4.98 Å². The molecule has 0 aliphatic carbocycles. The van der Waals surface area contributed by atoms with Crippen molar-refractivity contribution in [3.63, 3.8) is 0 Å². The second-order valence-electron chi connectivity index (χ2n) is 7.90. The zero-order valence-corrected chi connectivity index (χ0v) is 16.6. The normalized spacial score (nSPS) is 16.9. The first-order valence-corrected chi connectivity index (χ1v) is 9.77. The van der Waals surface area contributed by atoms with Crippen molar-refractivity contribution in [1.29, 1.82) is 0 Å². The minimum absolute atomic E-state index is 0.0477. The second-order valence-corrected chi connectivity index (χ2v) is 7.90. The minimum atomic E-state index is -0.0477. The fourth-order valence-electron chi connectivity index (χ4n) is 3.62. The van der Waals surface area contributed by atoms with E-state index < -0.39 is 0 Å². The number of hydrogen-bond donors (Lipinski definition) is 0. The van der Waals surface area contributed by atoms with Crippen LogP contribution in [0.4, 0.5) is 0 Å². The van der Waals surface area contributed by atoms with Gasteiger partial charge >= 0.3 is 0 Å². The topological polar surface area (TPSA) is 59.2 Å². The molecule has 1 aliphatic heterocycles. The summed E-state index contributed by atoms with van der Waals surface area (Å²) in [5.74, 6) is 1.71. The van der Waals surface area contributed by atoms with Gasteiger partial charge in [-0.3, -0.25) is 4.79 Å². The van der Waals surface area contributed by atoms with Crippen molar-refractivity contribution in [1.82, 2.24) is 15.0 Å². The fourth-order valence-corrected chi connectivity index (χ4v) is 3.62. The zero-order chi connectivity index (χ0) is 19.7. The van der Waals surface area contributed by atoms with Gasteiger partial charge in [0.2, 0.25) is 17.6 Å². The Morgan fingerprint density at radius 2 is 1.96 bits per heavy atom. The van der Waals surface area contributed by atoms with Gasteiger partial charge in [0, 0.05) is 25.1 Å². The van der Waals surface area contributed by atoms with Crippen molar-refractivity contribution in [3.8, 4) is 11.4 Å². The van der Waals surface area contributed by atoms with Crippen LogP contribution < -0.4 is 0 Å². The van der Waals surface area contributed by atoms with E-state index in [4.69, 9.17) is 4.52 Å². The smallest absolute Gasteiger partial charge is 0.232 e. The van der Waals surface area contributed by atoms with Crippen molar-refractivity contribution >= 4 is 5.91 Å². The molecule has 28 heavy (non-hydrogen) atoms. The summed E-state index contributed by atoms with van der Waals surface area (Å²) in [4.78, 5) is 18.9. The van der Waals surface area contributed by atoms with E-state index in [-0.39, 0.29) is 11.8 Å². The Morgan fingerprint density at radius 1 is 1.18 bits per heavy atom. The Morgan fingerprint density at radius 3 is 2.68 bits per heavy atom. The van der Waals surface area contributed by atoms with Crippen LogP contribution in [0.5, 0.6) is 0 Å². The summed E-state index contributed by atoms with van der Waals surface area (Å²) in [7, 11) is 0. The largest absolute Gasteiger partial charge is 0.339 e. The van der Waals surface area contributed by atoms with Crippen LogP contribution in [0, 0.1) is 6.92 Å². The van der Waals surface area contributed by atoms with Crippen LogP contribution in [0.1, 0.15) is 54.7 Å². The van der Waals surface area contributed by atoms with Crippen LogP contribution >= 0.6 is 0 Å². The molecular weight excluding hydrogens is 350 g/mol. The standard InChI is InChI=1S/C23H25N3O2/c1-15(2)18-9-7-17(8-10-18)13-26-14-20(12-21(26)27)23-24-22(25-28-23)19-6-4-5-16(3)11-19/h4-11,15,20H,12-14H2,1-3H3. The highest BCUT2D eigenvalue weighted by molar-refractivity contribution is 5.79. The maximum atomic E-state index is 12.5. The second kappa shape index (κ2) is 7.58. The molecule has 1 aromatic heterocycles. The molecule has 1 unspecified atom stereocenters. The SMILES string of the molecule is Cc1cccc(-c2noc(C3CC(=O)N(Cc4ccc(C(C)C)cc4)C3)n2)c1. The molecular formula is C23H25N3O2. The van der Waals surface area contributed by atoms with Gasteiger partial charge in [-0.05, 0) is 30.0 Å². The summed E-state index contributed by atoms with van der Waals surface area (Å²) in [5.41, 5.74) is 4.53. The molecule has 144 valence electrons. The van der Waals surface area contributed by atoms with E-state index in [0.717, 1.165) is 16.7 Å². The number of rotatable bonds is 5. The third-order valence-electron chi connectivity index (χ3n) is 5.30. The van der Waals surface area contributed by atoms with E-state index in [9.17, 15) is 4.79 Å². The zero-order valence-electron chi connectivity index (χ0n) is 16.6. The molecule has 1 aliphatic rings. The Kier molecular flexibility index (Phi) is 4.99. The number of amides is 1. The Hall–Kier alpha value is -2.95. The van der Waals surface area contributed by atoms with Crippen molar-refractivity contribution in [2.75, 3.05) is 6.54 Å². The molecule has 0 bridgehead atoms. The Balaban J connectivity index is 1.45. The molecule has 4 rings (SSSR count). The number of aryl methyl sites for hydroxylation is 1. The van der Waals surface area contributed by atoms with Crippen LogP contribution in [0.15, 0.2) is 53.1 Å². The monoisotopic (exact) mass is 375 g/mol. The molecule has 2 heterocycles. The number of likely N-dealkylation sites (tertiary alicyclic amines) is 1. The van der Waals surface area contributed by atoms with Gasteiger partial charge in [0.25, 0.3) is 0 Å². The van der Waals surface area contributed by atoms with Crippen molar-refractivity contribution in [3.05, 3.63) is 71.1 Å². The predicted molar refractivity (Wildman–Crippen MR) is 108 cm³/mol. The van der Waals surface area contributed by atoms with Crippen LogP contribution in [-0.4, -0.2) is 27.5 Å². The van der Waals surface area contributed by atoms with Crippen molar-refractivity contribution in [2.45, 2.75) is 45.6 Å². The van der Waals surface area contributed by atoms with Gasteiger partial charge < -0.3 is 9.42 Å². The number of carbonyl (C=O) groups is 1. The highest BCUT2D eigenvalue weighted by atomic mass is 16.5. The number of nitrogens with zero attached hydrogens (tertiary/aromatic N) is 3. The quantitative estimate of drug-likeness (QED) is 0.649. The van der Waals surface area contributed by atoms with Crippen molar-refractivity contribution in [2.24, 2.45) is 0 Å². The first kappa shape index (κ1) is 18.4.